The number of methoxy groups -OCH3 is 1. The largest absolute Gasteiger partial charge is 0.494 e. The van der Waals surface area contributed by atoms with Crippen molar-refractivity contribution in [3.8, 4) is 5.75 Å². The minimum atomic E-state index is -0.565. The van der Waals surface area contributed by atoms with E-state index in [2.05, 4.69) is 5.32 Å². The lowest BCUT2D eigenvalue weighted by Crippen LogP contribution is -2.35. The molecule has 3 N–H and O–H groups in total. The van der Waals surface area contributed by atoms with Gasteiger partial charge in [-0.25, -0.2) is 4.39 Å². The highest BCUT2D eigenvalue weighted by molar-refractivity contribution is 5.94. The van der Waals surface area contributed by atoms with Gasteiger partial charge >= 0.3 is 0 Å². The molecule has 0 aliphatic rings. The first-order valence-electron chi connectivity index (χ1n) is 5.48. The van der Waals surface area contributed by atoms with E-state index in [0.29, 0.717) is 12.1 Å². The summed E-state index contributed by atoms with van der Waals surface area (Å²) in [6, 6.07) is 3.66. The van der Waals surface area contributed by atoms with Crippen molar-refractivity contribution in [3.63, 3.8) is 0 Å². The molecule has 94 valence electrons. The lowest BCUT2D eigenvalue weighted by Gasteiger charge is -2.11. The topological polar surface area (TPSA) is 64.4 Å². The Hall–Kier alpha value is -1.62. The van der Waals surface area contributed by atoms with Gasteiger partial charge in [-0.2, -0.15) is 0 Å². The first-order valence-corrected chi connectivity index (χ1v) is 5.48. The predicted molar refractivity (Wildman–Crippen MR) is 64.5 cm³/mol. The number of halogens is 1. The van der Waals surface area contributed by atoms with E-state index in [1.165, 1.54) is 19.2 Å². The average Bonchev–Trinajstić information content (AvgIpc) is 2.29. The SMILES string of the molecule is CCC[C@@H](N)C(=O)Nc1ccc(OC)c(F)c1. The minimum absolute atomic E-state index is 0.140. The first-order chi connectivity index (χ1) is 8.08. The van der Waals surface area contributed by atoms with E-state index < -0.39 is 11.9 Å². The van der Waals surface area contributed by atoms with Crippen LogP contribution in [0.3, 0.4) is 0 Å². The number of amides is 1. The molecular weight excluding hydrogens is 223 g/mol. The van der Waals surface area contributed by atoms with Crippen molar-refractivity contribution < 1.29 is 13.9 Å². The number of nitrogens with one attached hydrogen (secondary N) is 1. The average molecular weight is 240 g/mol. The maximum atomic E-state index is 13.3. The van der Waals surface area contributed by atoms with Crippen LogP contribution in [-0.2, 0) is 4.79 Å². The van der Waals surface area contributed by atoms with Gasteiger partial charge in [0.2, 0.25) is 5.91 Å². The molecule has 0 aromatic heterocycles. The zero-order valence-corrected chi connectivity index (χ0v) is 10.00. The molecule has 4 nitrogen and oxygen atoms in total. The molecule has 0 heterocycles. The Bertz CT molecular complexity index is 396. The van der Waals surface area contributed by atoms with Crippen LogP contribution in [0, 0.1) is 5.82 Å². The molecule has 1 rings (SSSR count). The number of anilines is 1. The van der Waals surface area contributed by atoms with Crippen LogP contribution in [0.1, 0.15) is 19.8 Å². The molecule has 0 aliphatic heterocycles. The molecule has 1 atom stereocenters. The van der Waals surface area contributed by atoms with Crippen LogP contribution >= 0.6 is 0 Å². The molecule has 1 aromatic rings. The van der Waals surface area contributed by atoms with Crippen LogP contribution in [0.5, 0.6) is 5.75 Å². The number of carbonyl (C=O) groups is 1. The van der Waals surface area contributed by atoms with Gasteiger partial charge in [0.15, 0.2) is 11.6 Å². The smallest absolute Gasteiger partial charge is 0.241 e. The van der Waals surface area contributed by atoms with Crippen LogP contribution < -0.4 is 15.8 Å². The molecular formula is C12H17FN2O2. The van der Waals surface area contributed by atoms with Gasteiger partial charge in [-0.15, -0.1) is 0 Å². The Labute approximate surface area is 100.0 Å². The fraction of sp³-hybridized carbons (Fsp3) is 0.417. The maximum Gasteiger partial charge on any atom is 0.241 e. The quantitative estimate of drug-likeness (QED) is 0.826. The standard InChI is InChI=1S/C12H17FN2O2/c1-3-4-10(14)12(16)15-8-5-6-11(17-2)9(13)7-8/h5-7,10H,3-4,14H2,1-2H3,(H,15,16)/t10-/m1/s1. The molecule has 0 bridgehead atoms. The van der Waals surface area contributed by atoms with Gasteiger partial charge in [0.25, 0.3) is 0 Å². The van der Waals surface area contributed by atoms with Gasteiger partial charge in [-0.1, -0.05) is 13.3 Å². The van der Waals surface area contributed by atoms with Crippen LogP contribution in [0.2, 0.25) is 0 Å². The van der Waals surface area contributed by atoms with E-state index in [1.807, 2.05) is 6.92 Å². The Balaban J connectivity index is 2.69. The van der Waals surface area contributed by atoms with Crippen LogP contribution in [-0.4, -0.2) is 19.1 Å². The van der Waals surface area contributed by atoms with Gasteiger partial charge in [0, 0.05) is 11.8 Å². The molecule has 0 saturated heterocycles. The third kappa shape index (κ3) is 3.71. The minimum Gasteiger partial charge on any atom is -0.494 e. The molecule has 5 heteroatoms. The van der Waals surface area contributed by atoms with Crippen molar-refractivity contribution in [3.05, 3.63) is 24.0 Å². The third-order valence-electron chi connectivity index (χ3n) is 2.36. The Morgan fingerprint density at radius 3 is 2.82 bits per heavy atom. The zero-order chi connectivity index (χ0) is 12.8. The zero-order valence-electron chi connectivity index (χ0n) is 10.00. The van der Waals surface area contributed by atoms with Gasteiger partial charge in [-0.3, -0.25) is 4.79 Å². The monoisotopic (exact) mass is 240 g/mol. The summed E-state index contributed by atoms with van der Waals surface area (Å²) < 4.78 is 18.1. The molecule has 0 fully saturated rings. The van der Waals surface area contributed by atoms with Gasteiger partial charge < -0.3 is 15.8 Å². The van der Waals surface area contributed by atoms with Crippen LogP contribution in [0.15, 0.2) is 18.2 Å². The fourth-order valence-electron chi connectivity index (χ4n) is 1.42. The summed E-state index contributed by atoms with van der Waals surface area (Å²) in [5.74, 6) is -0.688. The molecule has 0 unspecified atom stereocenters. The number of hydrogen-bond acceptors (Lipinski definition) is 3. The Kier molecular flexibility index (Phi) is 4.90. The lowest BCUT2D eigenvalue weighted by molar-refractivity contribution is -0.117. The second-order valence-corrected chi connectivity index (χ2v) is 3.73. The van der Waals surface area contributed by atoms with E-state index in [0.717, 1.165) is 6.42 Å². The molecule has 1 aromatic carbocycles. The van der Waals surface area contributed by atoms with Crippen LogP contribution in [0.25, 0.3) is 0 Å². The summed E-state index contributed by atoms with van der Waals surface area (Å²) in [5, 5.41) is 2.56. The number of nitrogens with two attached hydrogens (primary N) is 1. The van der Waals surface area contributed by atoms with Crippen LogP contribution in [0.4, 0.5) is 10.1 Å². The summed E-state index contributed by atoms with van der Waals surface area (Å²) >= 11 is 0. The molecule has 17 heavy (non-hydrogen) atoms. The van der Waals surface area contributed by atoms with Gasteiger partial charge in [0.1, 0.15) is 0 Å². The number of carbonyl (C=O) groups excluding carboxylic acids is 1. The molecule has 0 spiro atoms. The van der Waals surface area contributed by atoms with Gasteiger partial charge in [0.05, 0.1) is 13.2 Å². The second-order valence-electron chi connectivity index (χ2n) is 3.73. The summed E-state index contributed by atoms with van der Waals surface area (Å²) in [5.41, 5.74) is 6.01. The number of ether oxygens (including phenoxy) is 1. The van der Waals surface area contributed by atoms with Crippen molar-refractivity contribution in [2.75, 3.05) is 12.4 Å². The predicted octanol–water partition coefficient (Wildman–Crippen LogP) is 1.90. The van der Waals surface area contributed by atoms with Crippen molar-refractivity contribution in [1.29, 1.82) is 0 Å². The fourth-order valence-corrected chi connectivity index (χ4v) is 1.42. The summed E-state index contributed by atoms with van der Waals surface area (Å²) in [6.45, 7) is 1.94. The molecule has 0 radical (unpaired) electrons. The summed E-state index contributed by atoms with van der Waals surface area (Å²) in [4.78, 5) is 11.6. The lowest BCUT2D eigenvalue weighted by atomic mass is 10.1. The molecule has 1 amide bonds. The third-order valence-corrected chi connectivity index (χ3v) is 2.36. The highest BCUT2D eigenvalue weighted by Crippen LogP contribution is 2.20. The number of hydrogen-bond donors (Lipinski definition) is 2. The van der Waals surface area contributed by atoms with Crippen molar-refractivity contribution in [2.45, 2.75) is 25.8 Å². The second kappa shape index (κ2) is 6.20. The highest BCUT2D eigenvalue weighted by Gasteiger charge is 2.13. The number of rotatable bonds is 5. The van der Waals surface area contributed by atoms with Crippen molar-refractivity contribution in [1.82, 2.24) is 0 Å². The summed E-state index contributed by atoms with van der Waals surface area (Å²) in [6.07, 6.45) is 1.43. The Morgan fingerprint density at radius 2 is 2.29 bits per heavy atom. The van der Waals surface area contributed by atoms with Crippen molar-refractivity contribution >= 4 is 11.6 Å². The highest BCUT2D eigenvalue weighted by atomic mass is 19.1. The summed E-state index contributed by atoms with van der Waals surface area (Å²) in [7, 11) is 1.38. The molecule has 0 aliphatic carbocycles. The van der Waals surface area contributed by atoms with E-state index in [4.69, 9.17) is 10.5 Å². The first kappa shape index (κ1) is 13.4. The molecule has 0 saturated carbocycles. The maximum absolute atomic E-state index is 13.3. The Morgan fingerprint density at radius 1 is 1.59 bits per heavy atom. The van der Waals surface area contributed by atoms with E-state index in [9.17, 15) is 9.18 Å². The van der Waals surface area contributed by atoms with E-state index in [1.54, 1.807) is 6.07 Å². The van der Waals surface area contributed by atoms with Crippen molar-refractivity contribution in [2.24, 2.45) is 5.73 Å². The van der Waals surface area contributed by atoms with E-state index in [-0.39, 0.29) is 11.7 Å². The van der Waals surface area contributed by atoms with E-state index >= 15 is 0 Å². The normalized spacial score (nSPS) is 12.0. The number of benzene rings is 1. The van der Waals surface area contributed by atoms with Gasteiger partial charge in [-0.05, 0) is 18.6 Å².